The van der Waals surface area contributed by atoms with E-state index in [0.29, 0.717) is 6.42 Å². The molecular formula is C13H16ClF3N2O. The van der Waals surface area contributed by atoms with E-state index in [-0.39, 0.29) is 12.2 Å². The smallest absolute Gasteiger partial charge is 0.329 e. The number of carbonyl (C=O) groups excluding carboxylic acids is 1. The number of benzene rings is 1. The summed E-state index contributed by atoms with van der Waals surface area (Å²) in [5.41, 5.74) is 3.77. The van der Waals surface area contributed by atoms with E-state index in [9.17, 15) is 18.0 Å². The number of hydrogen-bond donors (Lipinski definition) is 2. The topological polar surface area (TPSA) is 55.1 Å². The molecule has 0 saturated heterocycles. The lowest BCUT2D eigenvalue weighted by Crippen LogP contribution is -2.39. The maximum atomic E-state index is 12.7. The van der Waals surface area contributed by atoms with Crippen molar-refractivity contribution in [3.8, 4) is 0 Å². The Morgan fingerprint density at radius 3 is 2.45 bits per heavy atom. The Hall–Kier alpha value is -1.27. The summed E-state index contributed by atoms with van der Waals surface area (Å²) in [6.45, 7) is 3.55. The first-order valence-corrected chi connectivity index (χ1v) is 6.40. The second-order valence-electron chi connectivity index (χ2n) is 4.76. The number of alkyl halides is 3. The van der Waals surface area contributed by atoms with Gasteiger partial charge in [-0.15, -0.1) is 0 Å². The Morgan fingerprint density at radius 1 is 1.40 bits per heavy atom. The highest BCUT2D eigenvalue weighted by Gasteiger charge is 2.34. The van der Waals surface area contributed by atoms with E-state index in [4.69, 9.17) is 17.3 Å². The molecule has 0 heterocycles. The molecule has 20 heavy (non-hydrogen) atoms. The quantitative estimate of drug-likeness (QED) is 0.891. The standard InChI is InChI=1S/C13H16ClF3N2O/c1-3-12(2,7-18)11(20)19-8-4-5-10(14)9(6-8)13(15,16)17/h4-6H,3,7,18H2,1-2H3,(H,19,20). The first-order chi connectivity index (χ1) is 9.14. The average molecular weight is 309 g/mol. The van der Waals surface area contributed by atoms with E-state index in [1.165, 1.54) is 6.07 Å². The lowest BCUT2D eigenvalue weighted by molar-refractivity contribution is -0.137. The molecule has 3 nitrogen and oxygen atoms in total. The molecule has 1 aromatic rings. The van der Waals surface area contributed by atoms with E-state index < -0.39 is 28.1 Å². The molecule has 3 N–H and O–H groups in total. The molecule has 0 aromatic heterocycles. The SMILES string of the molecule is CCC(C)(CN)C(=O)Nc1ccc(Cl)c(C(F)(F)F)c1. The summed E-state index contributed by atoms with van der Waals surface area (Å²) in [6, 6.07) is 3.24. The number of nitrogens with one attached hydrogen (secondary N) is 1. The van der Waals surface area contributed by atoms with Gasteiger partial charge < -0.3 is 11.1 Å². The van der Waals surface area contributed by atoms with Crippen LogP contribution < -0.4 is 11.1 Å². The molecule has 0 aliphatic heterocycles. The van der Waals surface area contributed by atoms with Crippen molar-refractivity contribution in [2.45, 2.75) is 26.4 Å². The molecule has 0 spiro atoms. The molecule has 0 bridgehead atoms. The van der Waals surface area contributed by atoms with E-state index in [2.05, 4.69) is 5.32 Å². The van der Waals surface area contributed by atoms with Gasteiger partial charge in [0.15, 0.2) is 0 Å². The zero-order valence-electron chi connectivity index (χ0n) is 11.1. The maximum absolute atomic E-state index is 12.7. The minimum atomic E-state index is -4.57. The summed E-state index contributed by atoms with van der Waals surface area (Å²) < 4.78 is 38.1. The van der Waals surface area contributed by atoms with Gasteiger partial charge in [0.1, 0.15) is 0 Å². The zero-order valence-corrected chi connectivity index (χ0v) is 11.9. The summed E-state index contributed by atoms with van der Waals surface area (Å²) >= 11 is 5.51. The zero-order chi connectivity index (χ0) is 15.6. The van der Waals surface area contributed by atoms with Crippen molar-refractivity contribution < 1.29 is 18.0 Å². The minimum Gasteiger partial charge on any atom is -0.329 e. The van der Waals surface area contributed by atoms with Gasteiger partial charge in [0, 0.05) is 12.2 Å². The monoisotopic (exact) mass is 308 g/mol. The van der Waals surface area contributed by atoms with E-state index in [0.717, 1.165) is 12.1 Å². The highest BCUT2D eigenvalue weighted by atomic mass is 35.5. The fourth-order valence-electron chi connectivity index (χ4n) is 1.50. The number of hydrogen-bond acceptors (Lipinski definition) is 2. The van der Waals surface area contributed by atoms with Crippen LogP contribution in [0.4, 0.5) is 18.9 Å². The number of nitrogens with two attached hydrogens (primary N) is 1. The number of anilines is 1. The third-order valence-electron chi connectivity index (χ3n) is 3.31. The Morgan fingerprint density at radius 2 is 2.00 bits per heavy atom. The fourth-order valence-corrected chi connectivity index (χ4v) is 1.72. The van der Waals surface area contributed by atoms with Crippen molar-refractivity contribution in [1.29, 1.82) is 0 Å². The summed E-state index contributed by atoms with van der Waals surface area (Å²) in [7, 11) is 0. The van der Waals surface area contributed by atoms with Crippen LogP contribution in [0, 0.1) is 5.41 Å². The second kappa shape index (κ2) is 6.01. The van der Waals surface area contributed by atoms with Crippen LogP contribution in [-0.4, -0.2) is 12.5 Å². The van der Waals surface area contributed by atoms with Crippen LogP contribution in [0.2, 0.25) is 5.02 Å². The number of halogens is 4. The molecule has 1 rings (SSSR count). The first-order valence-electron chi connectivity index (χ1n) is 6.02. The molecule has 1 amide bonds. The van der Waals surface area contributed by atoms with Crippen LogP contribution in [-0.2, 0) is 11.0 Å². The first kappa shape index (κ1) is 16.8. The van der Waals surface area contributed by atoms with E-state index >= 15 is 0 Å². The third-order valence-corrected chi connectivity index (χ3v) is 3.64. The number of rotatable bonds is 4. The molecule has 1 aromatic carbocycles. The van der Waals surface area contributed by atoms with Gasteiger partial charge >= 0.3 is 6.18 Å². The molecule has 0 aliphatic carbocycles. The van der Waals surface area contributed by atoms with Crippen LogP contribution in [0.15, 0.2) is 18.2 Å². The van der Waals surface area contributed by atoms with Gasteiger partial charge in [-0.2, -0.15) is 13.2 Å². The van der Waals surface area contributed by atoms with E-state index in [1.54, 1.807) is 13.8 Å². The van der Waals surface area contributed by atoms with Crippen molar-refractivity contribution in [3.05, 3.63) is 28.8 Å². The molecule has 0 fully saturated rings. The normalized spacial score (nSPS) is 14.8. The van der Waals surface area contributed by atoms with Crippen LogP contribution in [0.25, 0.3) is 0 Å². The Labute approximate surface area is 120 Å². The molecule has 1 atom stereocenters. The van der Waals surface area contributed by atoms with E-state index in [1.807, 2.05) is 0 Å². The Kier molecular flexibility index (Phi) is 5.05. The number of carbonyl (C=O) groups is 1. The molecular weight excluding hydrogens is 293 g/mol. The number of amides is 1. The van der Waals surface area contributed by atoms with Crippen LogP contribution in [0.3, 0.4) is 0 Å². The molecule has 0 aliphatic rings. The lowest BCUT2D eigenvalue weighted by atomic mass is 9.86. The van der Waals surface area contributed by atoms with Crippen LogP contribution in [0.1, 0.15) is 25.8 Å². The summed E-state index contributed by atoms with van der Waals surface area (Å²) in [4.78, 5) is 12.0. The van der Waals surface area contributed by atoms with Gasteiger partial charge in [0.05, 0.1) is 16.0 Å². The molecule has 0 radical (unpaired) electrons. The lowest BCUT2D eigenvalue weighted by Gasteiger charge is -2.25. The predicted molar refractivity (Wildman–Crippen MR) is 72.5 cm³/mol. The van der Waals surface area contributed by atoms with Crippen LogP contribution >= 0.6 is 11.6 Å². The maximum Gasteiger partial charge on any atom is 0.417 e. The Bertz CT molecular complexity index is 499. The van der Waals surface area contributed by atoms with Crippen molar-refractivity contribution >= 4 is 23.2 Å². The predicted octanol–water partition coefficient (Wildman–Crippen LogP) is 3.67. The second-order valence-corrected chi connectivity index (χ2v) is 5.17. The minimum absolute atomic E-state index is 0.0415. The summed E-state index contributed by atoms with van der Waals surface area (Å²) in [5.74, 6) is -0.419. The average Bonchev–Trinajstić information content (AvgIpc) is 2.38. The molecule has 112 valence electrons. The van der Waals surface area contributed by atoms with Crippen molar-refractivity contribution in [1.82, 2.24) is 0 Å². The van der Waals surface area contributed by atoms with Gasteiger partial charge in [-0.3, -0.25) is 4.79 Å². The van der Waals surface area contributed by atoms with Gasteiger partial charge in [-0.1, -0.05) is 18.5 Å². The summed E-state index contributed by atoms with van der Waals surface area (Å²) in [6.07, 6.45) is -4.09. The van der Waals surface area contributed by atoms with Gasteiger partial charge in [-0.25, -0.2) is 0 Å². The largest absolute Gasteiger partial charge is 0.417 e. The Balaban J connectivity index is 3.03. The van der Waals surface area contributed by atoms with Gasteiger partial charge in [0.25, 0.3) is 0 Å². The highest BCUT2D eigenvalue weighted by molar-refractivity contribution is 6.31. The summed E-state index contributed by atoms with van der Waals surface area (Å²) in [5, 5.41) is 2.04. The fraction of sp³-hybridized carbons (Fsp3) is 0.462. The van der Waals surface area contributed by atoms with Crippen molar-refractivity contribution in [2.24, 2.45) is 11.1 Å². The highest BCUT2D eigenvalue weighted by Crippen LogP contribution is 2.36. The van der Waals surface area contributed by atoms with Crippen LogP contribution in [0.5, 0.6) is 0 Å². The molecule has 1 unspecified atom stereocenters. The van der Waals surface area contributed by atoms with Gasteiger partial charge in [0.2, 0.25) is 5.91 Å². The molecule has 7 heteroatoms. The van der Waals surface area contributed by atoms with Crippen molar-refractivity contribution in [3.63, 3.8) is 0 Å². The van der Waals surface area contributed by atoms with Crippen molar-refractivity contribution in [2.75, 3.05) is 11.9 Å². The van der Waals surface area contributed by atoms with Gasteiger partial charge in [-0.05, 0) is 31.5 Å². The third kappa shape index (κ3) is 3.64. The molecule has 0 saturated carbocycles.